The van der Waals surface area contributed by atoms with Gasteiger partial charge in [-0.2, -0.15) is 0 Å². The molecule has 1 aliphatic carbocycles. The first-order valence-electron chi connectivity index (χ1n) is 6.48. The van der Waals surface area contributed by atoms with Gasteiger partial charge in [-0.15, -0.1) is 0 Å². The lowest BCUT2D eigenvalue weighted by atomic mass is 10.00. The number of hydrogen-bond acceptors (Lipinski definition) is 2. The summed E-state index contributed by atoms with van der Waals surface area (Å²) in [6.07, 6.45) is 4.47. The average Bonchev–Trinajstić information content (AvgIpc) is 3.17. The van der Waals surface area contributed by atoms with E-state index in [1.807, 2.05) is 6.07 Å². The largest absolute Gasteiger partial charge is 0.490 e. The Bertz CT molecular complexity index is 415. The van der Waals surface area contributed by atoms with Crippen LogP contribution in [0.4, 0.5) is 4.39 Å². The van der Waals surface area contributed by atoms with Gasteiger partial charge in [-0.1, -0.05) is 18.9 Å². The summed E-state index contributed by atoms with van der Waals surface area (Å²) in [6, 6.07) is 3.76. The third-order valence-corrected chi connectivity index (χ3v) is 3.65. The van der Waals surface area contributed by atoms with Crippen LogP contribution in [0.2, 0.25) is 0 Å². The molecule has 1 aromatic carbocycles. The van der Waals surface area contributed by atoms with E-state index in [2.05, 4.69) is 5.32 Å². The molecule has 0 amide bonds. The summed E-state index contributed by atoms with van der Waals surface area (Å²) in [5.41, 5.74) is 1.91. The minimum Gasteiger partial charge on any atom is -0.490 e. The molecule has 1 saturated carbocycles. The van der Waals surface area contributed by atoms with E-state index in [0.29, 0.717) is 12.4 Å². The second-order valence-corrected chi connectivity index (χ2v) is 5.02. The van der Waals surface area contributed by atoms with Crippen molar-refractivity contribution >= 4 is 0 Å². The van der Waals surface area contributed by atoms with Crippen LogP contribution < -0.4 is 10.1 Å². The minimum absolute atomic E-state index is 0.139. The lowest BCUT2D eigenvalue weighted by Gasteiger charge is -2.19. The van der Waals surface area contributed by atoms with Crippen molar-refractivity contribution in [2.75, 3.05) is 13.2 Å². The van der Waals surface area contributed by atoms with Crippen LogP contribution in [0.15, 0.2) is 12.1 Å². The molecule has 1 aromatic rings. The molecule has 17 heavy (non-hydrogen) atoms. The van der Waals surface area contributed by atoms with Gasteiger partial charge in [-0.25, -0.2) is 4.39 Å². The van der Waals surface area contributed by atoms with Crippen LogP contribution in [-0.2, 0) is 13.0 Å². The highest BCUT2D eigenvalue weighted by atomic mass is 19.1. The Morgan fingerprint density at radius 1 is 1.35 bits per heavy atom. The van der Waals surface area contributed by atoms with Crippen LogP contribution in [0.5, 0.6) is 5.75 Å². The standard InChI is InChI=1S/C14H18FNO/c15-14-12-5-7-16-9-11(12)3-4-13(14)17-8-6-10-1-2-10/h3-4,10,16H,1-2,5-9H2. The van der Waals surface area contributed by atoms with Crippen molar-refractivity contribution in [3.05, 3.63) is 29.1 Å². The Morgan fingerprint density at radius 3 is 3.06 bits per heavy atom. The van der Waals surface area contributed by atoms with Crippen molar-refractivity contribution in [3.8, 4) is 5.75 Å². The molecule has 0 bridgehead atoms. The Hall–Kier alpha value is -1.09. The highest BCUT2D eigenvalue weighted by Gasteiger charge is 2.21. The smallest absolute Gasteiger partial charge is 0.168 e. The molecule has 0 atom stereocenters. The van der Waals surface area contributed by atoms with Crippen molar-refractivity contribution in [1.29, 1.82) is 0 Å². The van der Waals surface area contributed by atoms with E-state index in [9.17, 15) is 4.39 Å². The quantitative estimate of drug-likeness (QED) is 0.866. The van der Waals surface area contributed by atoms with Gasteiger partial charge in [0.15, 0.2) is 11.6 Å². The van der Waals surface area contributed by atoms with Gasteiger partial charge >= 0.3 is 0 Å². The number of hydrogen-bond donors (Lipinski definition) is 1. The predicted molar refractivity (Wildman–Crippen MR) is 64.6 cm³/mol. The van der Waals surface area contributed by atoms with E-state index >= 15 is 0 Å². The van der Waals surface area contributed by atoms with E-state index in [4.69, 9.17) is 4.74 Å². The number of rotatable bonds is 4. The van der Waals surface area contributed by atoms with Crippen LogP contribution in [0, 0.1) is 11.7 Å². The van der Waals surface area contributed by atoms with Crippen molar-refractivity contribution in [1.82, 2.24) is 5.32 Å². The maximum atomic E-state index is 14.1. The fourth-order valence-electron chi connectivity index (χ4n) is 2.37. The SMILES string of the molecule is Fc1c(OCCC2CC2)ccc2c1CCNC2. The summed E-state index contributed by atoms with van der Waals surface area (Å²) in [6.45, 7) is 2.28. The zero-order chi connectivity index (χ0) is 11.7. The van der Waals surface area contributed by atoms with E-state index in [1.54, 1.807) is 6.07 Å². The number of ether oxygens (including phenoxy) is 1. The first kappa shape index (κ1) is 11.0. The number of benzene rings is 1. The molecule has 2 nitrogen and oxygen atoms in total. The summed E-state index contributed by atoms with van der Waals surface area (Å²) in [7, 11) is 0. The lowest BCUT2D eigenvalue weighted by molar-refractivity contribution is 0.286. The fourth-order valence-corrected chi connectivity index (χ4v) is 2.37. The van der Waals surface area contributed by atoms with Gasteiger partial charge in [0.25, 0.3) is 0 Å². The Morgan fingerprint density at radius 2 is 2.24 bits per heavy atom. The molecule has 1 heterocycles. The Balaban J connectivity index is 1.70. The molecule has 0 aromatic heterocycles. The number of fused-ring (bicyclic) bond motifs is 1. The Labute approximate surface area is 101 Å². The molecular formula is C14H18FNO. The van der Waals surface area contributed by atoms with Gasteiger partial charge in [0.05, 0.1) is 6.61 Å². The first-order chi connectivity index (χ1) is 8.34. The van der Waals surface area contributed by atoms with Crippen molar-refractivity contribution in [2.24, 2.45) is 5.92 Å². The van der Waals surface area contributed by atoms with E-state index < -0.39 is 0 Å². The molecule has 1 fully saturated rings. The minimum atomic E-state index is -0.139. The van der Waals surface area contributed by atoms with Crippen LogP contribution >= 0.6 is 0 Å². The number of nitrogens with one attached hydrogen (secondary N) is 1. The second kappa shape index (κ2) is 4.65. The van der Waals surface area contributed by atoms with Gasteiger partial charge in [-0.05, 0) is 42.5 Å². The van der Waals surface area contributed by atoms with Gasteiger partial charge in [0, 0.05) is 6.54 Å². The third kappa shape index (κ3) is 2.44. The molecule has 0 spiro atoms. The van der Waals surface area contributed by atoms with Gasteiger partial charge in [0.2, 0.25) is 0 Å². The summed E-state index contributed by atoms with van der Waals surface area (Å²) < 4.78 is 19.7. The van der Waals surface area contributed by atoms with Gasteiger partial charge in [-0.3, -0.25) is 0 Å². The second-order valence-electron chi connectivity index (χ2n) is 5.02. The third-order valence-electron chi connectivity index (χ3n) is 3.65. The first-order valence-corrected chi connectivity index (χ1v) is 6.48. The normalized spacial score (nSPS) is 18.9. The van der Waals surface area contributed by atoms with Crippen LogP contribution in [-0.4, -0.2) is 13.2 Å². The fraction of sp³-hybridized carbons (Fsp3) is 0.571. The van der Waals surface area contributed by atoms with Crippen molar-refractivity contribution < 1.29 is 9.13 Å². The maximum Gasteiger partial charge on any atom is 0.168 e. The topological polar surface area (TPSA) is 21.3 Å². The van der Waals surface area contributed by atoms with E-state index in [1.165, 1.54) is 12.8 Å². The molecule has 1 aliphatic heterocycles. The van der Waals surface area contributed by atoms with E-state index in [-0.39, 0.29) is 5.82 Å². The highest BCUT2D eigenvalue weighted by Crippen LogP contribution is 2.33. The van der Waals surface area contributed by atoms with E-state index in [0.717, 1.165) is 43.0 Å². The molecule has 1 N–H and O–H groups in total. The van der Waals surface area contributed by atoms with Crippen LogP contribution in [0.25, 0.3) is 0 Å². The summed E-state index contributed by atoms with van der Waals surface area (Å²) >= 11 is 0. The molecule has 3 rings (SSSR count). The summed E-state index contributed by atoms with van der Waals surface area (Å²) in [4.78, 5) is 0. The number of halogens is 1. The monoisotopic (exact) mass is 235 g/mol. The maximum absolute atomic E-state index is 14.1. The zero-order valence-corrected chi connectivity index (χ0v) is 9.97. The average molecular weight is 235 g/mol. The Kier molecular flexibility index (Phi) is 3.02. The molecule has 2 aliphatic rings. The molecule has 3 heteroatoms. The van der Waals surface area contributed by atoms with Crippen molar-refractivity contribution in [3.63, 3.8) is 0 Å². The van der Waals surface area contributed by atoms with Crippen LogP contribution in [0.1, 0.15) is 30.4 Å². The van der Waals surface area contributed by atoms with Crippen LogP contribution in [0.3, 0.4) is 0 Å². The molecular weight excluding hydrogens is 217 g/mol. The molecule has 0 radical (unpaired) electrons. The highest BCUT2D eigenvalue weighted by molar-refractivity contribution is 5.39. The zero-order valence-electron chi connectivity index (χ0n) is 9.97. The van der Waals surface area contributed by atoms with Gasteiger partial charge < -0.3 is 10.1 Å². The van der Waals surface area contributed by atoms with Gasteiger partial charge in [0.1, 0.15) is 0 Å². The predicted octanol–water partition coefficient (Wildman–Crippen LogP) is 2.65. The molecule has 0 unspecified atom stereocenters. The summed E-state index contributed by atoms with van der Waals surface area (Å²) in [5.74, 6) is 1.13. The lowest BCUT2D eigenvalue weighted by Crippen LogP contribution is -2.24. The summed E-state index contributed by atoms with van der Waals surface area (Å²) in [5, 5.41) is 3.25. The molecule has 0 saturated heterocycles. The molecule has 92 valence electrons. The van der Waals surface area contributed by atoms with Crippen molar-refractivity contribution in [2.45, 2.75) is 32.2 Å².